The topological polar surface area (TPSA) is 36.4 Å². The zero-order valence-electron chi connectivity index (χ0n) is 10.1. The third-order valence-electron chi connectivity index (χ3n) is 3.48. The SMILES string of the molecule is CCC1CCC(C)N1c1cccc(CO)n1. The maximum atomic E-state index is 9.11. The molecule has 0 spiro atoms. The third-order valence-corrected chi connectivity index (χ3v) is 3.48. The predicted molar refractivity (Wildman–Crippen MR) is 65.4 cm³/mol. The van der Waals surface area contributed by atoms with E-state index in [9.17, 15) is 0 Å². The Hall–Kier alpha value is -1.09. The van der Waals surface area contributed by atoms with Crippen molar-refractivity contribution < 1.29 is 5.11 Å². The summed E-state index contributed by atoms with van der Waals surface area (Å²) in [6.07, 6.45) is 3.65. The summed E-state index contributed by atoms with van der Waals surface area (Å²) >= 11 is 0. The summed E-state index contributed by atoms with van der Waals surface area (Å²) < 4.78 is 0. The molecule has 3 heteroatoms. The zero-order valence-corrected chi connectivity index (χ0v) is 10.1. The monoisotopic (exact) mass is 220 g/mol. The molecule has 0 aliphatic carbocycles. The molecule has 2 atom stereocenters. The van der Waals surface area contributed by atoms with Crippen LogP contribution < -0.4 is 4.90 Å². The summed E-state index contributed by atoms with van der Waals surface area (Å²) in [4.78, 5) is 6.90. The maximum Gasteiger partial charge on any atom is 0.129 e. The van der Waals surface area contributed by atoms with Crippen molar-refractivity contribution in [1.29, 1.82) is 0 Å². The second kappa shape index (κ2) is 4.83. The molecule has 0 saturated carbocycles. The second-order valence-electron chi connectivity index (χ2n) is 4.54. The van der Waals surface area contributed by atoms with E-state index in [1.807, 2.05) is 18.2 Å². The number of hydrogen-bond donors (Lipinski definition) is 1. The Balaban J connectivity index is 2.27. The van der Waals surface area contributed by atoms with Crippen LogP contribution in [0.2, 0.25) is 0 Å². The lowest BCUT2D eigenvalue weighted by Crippen LogP contribution is -2.34. The van der Waals surface area contributed by atoms with Gasteiger partial charge in [-0.1, -0.05) is 13.0 Å². The van der Waals surface area contributed by atoms with E-state index in [-0.39, 0.29) is 6.61 Å². The van der Waals surface area contributed by atoms with Crippen LogP contribution >= 0.6 is 0 Å². The molecule has 0 bridgehead atoms. The van der Waals surface area contributed by atoms with Gasteiger partial charge in [-0.3, -0.25) is 0 Å². The molecular formula is C13H20N2O. The fraction of sp³-hybridized carbons (Fsp3) is 0.615. The first kappa shape index (κ1) is 11.4. The molecule has 1 aliphatic rings. The van der Waals surface area contributed by atoms with Gasteiger partial charge in [0.2, 0.25) is 0 Å². The number of rotatable bonds is 3. The van der Waals surface area contributed by atoms with Gasteiger partial charge in [0, 0.05) is 12.1 Å². The van der Waals surface area contributed by atoms with E-state index in [4.69, 9.17) is 5.11 Å². The molecule has 1 aromatic heterocycles. The highest BCUT2D eigenvalue weighted by atomic mass is 16.3. The summed E-state index contributed by atoms with van der Waals surface area (Å²) in [5.41, 5.74) is 0.756. The Morgan fingerprint density at radius 2 is 2.25 bits per heavy atom. The average Bonchev–Trinajstić information content (AvgIpc) is 2.70. The maximum absolute atomic E-state index is 9.11. The van der Waals surface area contributed by atoms with Crippen molar-refractivity contribution in [2.75, 3.05) is 4.90 Å². The van der Waals surface area contributed by atoms with E-state index in [1.54, 1.807) is 0 Å². The van der Waals surface area contributed by atoms with Gasteiger partial charge >= 0.3 is 0 Å². The lowest BCUT2D eigenvalue weighted by Gasteiger charge is -2.29. The summed E-state index contributed by atoms with van der Waals surface area (Å²) in [6.45, 7) is 4.50. The van der Waals surface area contributed by atoms with Gasteiger partial charge in [0.25, 0.3) is 0 Å². The normalized spacial score (nSPS) is 25.1. The van der Waals surface area contributed by atoms with E-state index >= 15 is 0 Å². The fourth-order valence-corrected chi connectivity index (χ4v) is 2.58. The molecule has 2 heterocycles. The van der Waals surface area contributed by atoms with Crippen LogP contribution in [-0.2, 0) is 6.61 Å². The average molecular weight is 220 g/mol. The molecule has 1 aromatic rings. The highest BCUT2D eigenvalue weighted by Gasteiger charge is 2.30. The Kier molecular flexibility index (Phi) is 3.44. The number of aliphatic hydroxyl groups excluding tert-OH is 1. The minimum absolute atomic E-state index is 0.0207. The molecule has 0 amide bonds. The number of pyridine rings is 1. The van der Waals surface area contributed by atoms with Gasteiger partial charge in [0.15, 0.2) is 0 Å². The molecule has 1 fully saturated rings. The lowest BCUT2D eigenvalue weighted by molar-refractivity contribution is 0.277. The minimum Gasteiger partial charge on any atom is -0.390 e. The summed E-state index contributed by atoms with van der Waals surface area (Å²) in [6, 6.07) is 7.06. The Morgan fingerprint density at radius 3 is 2.94 bits per heavy atom. The van der Waals surface area contributed by atoms with Crippen LogP contribution in [0.3, 0.4) is 0 Å². The van der Waals surface area contributed by atoms with Crippen LogP contribution in [0.5, 0.6) is 0 Å². The molecule has 1 saturated heterocycles. The minimum atomic E-state index is 0.0207. The van der Waals surface area contributed by atoms with Gasteiger partial charge in [-0.2, -0.15) is 0 Å². The molecule has 2 rings (SSSR count). The number of aliphatic hydroxyl groups is 1. The zero-order chi connectivity index (χ0) is 11.5. The van der Waals surface area contributed by atoms with Crippen LogP contribution in [0.15, 0.2) is 18.2 Å². The molecule has 0 aromatic carbocycles. The quantitative estimate of drug-likeness (QED) is 0.849. The number of anilines is 1. The van der Waals surface area contributed by atoms with Crippen LogP contribution in [0, 0.1) is 0 Å². The fourth-order valence-electron chi connectivity index (χ4n) is 2.58. The van der Waals surface area contributed by atoms with Crippen molar-refractivity contribution in [1.82, 2.24) is 4.98 Å². The van der Waals surface area contributed by atoms with E-state index < -0.39 is 0 Å². The van der Waals surface area contributed by atoms with Crippen molar-refractivity contribution in [3.05, 3.63) is 23.9 Å². The summed E-state index contributed by atoms with van der Waals surface area (Å²) in [5.74, 6) is 1.02. The van der Waals surface area contributed by atoms with Crippen LogP contribution in [0.4, 0.5) is 5.82 Å². The Bertz CT molecular complexity index is 354. The van der Waals surface area contributed by atoms with E-state index in [0.717, 1.165) is 17.9 Å². The van der Waals surface area contributed by atoms with Crippen molar-refractivity contribution >= 4 is 5.82 Å². The Morgan fingerprint density at radius 1 is 1.44 bits per heavy atom. The van der Waals surface area contributed by atoms with Crippen molar-refractivity contribution in [2.45, 2.75) is 51.8 Å². The van der Waals surface area contributed by atoms with Crippen LogP contribution in [-0.4, -0.2) is 22.2 Å². The lowest BCUT2D eigenvalue weighted by atomic mass is 10.1. The van der Waals surface area contributed by atoms with Crippen LogP contribution in [0.25, 0.3) is 0 Å². The smallest absolute Gasteiger partial charge is 0.129 e. The van der Waals surface area contributed by atoms with Gasteiger partial charge in [0.05, 0.1) is 12.3 Å². The van der Waals surface area contributed by atoms with Gasteiger partial charge in [-0.05, 0) is 38.3 Å². The summed E-state index contributed by atoms with van der Waals surface area (Å²) in [7, 11) is 0. The standard InChI is InChI=1S/C13H20N2O/c1-3-12-8-7-10(2)15(12)13-6-4-5-11(9-16)14-13/h4-6,10,12,16H,3,7-9H2,1-2H3. The highest BCUT2D eigenvalue weighted by molar-refractivity contribution is 5.43. The van der Waals surface area contributed by atoms with Crippen molar-refractivity contribution in [2.24, 2.45) is 0 Å². The van der Waals surface area contributed by atoms with Crippen molar-refractivity contribution in [3.63, 3.8) is 0 Å². The molecule has 16 heavy (non-hydrogen) atoms. The molecule has 2 unspecified atom stereocenters. The van der Waals surface area contributed by atoms with Gasteiger partial charge in [0.1, 0.15) is 5.82 Å². The highest BCUT2D eigenvalue weighted by Crippen LogP contribution is 2.30. The predicted octanol–water partition coefficient (Wildman–Crippen LogP) is 2.34. The first-order chi connectivity index (χ1) is 7.76. The van der Waals surface area contributed by atoms with Gasteiger partial charge in [-0.25, -0.2) is 4.98 Å². The van der Waals surface area contributed by atoms with Gasteiger partial charge in [-0.15, -0.1) is 0 Å². The third kappa shape index (κ3) is 2.05. The van der Waals surface area contributed by atoms with E-state index in [0.29, 0.717) is 12.1 Å². The van der Waals surface area contributed by atoms with Crippen LogP contribution in [0.1, 0.15) is 38.8 Å². The summed E-state index contributed by atoms with van der Waals surface area (Å²) in [5, 5.41) is 9.11. The molecule has 1 N–H and O–H groups in total. The molecular weight excluding hydrogens is 200 g/mol. The largest absolute Gasteiger partial charge is 0.390 e. The Labute approximate surface area is 97.1 Å². The van der Waals surface area contributed by atoms with E-state index in [2.05, 4.69) is 23.7 Å². The molecule has 88 valence electrons. The first-order valence-corrected chi connectivity index (χ1v) is 6.11. The molecule has 3 nitrogen and oxygen atoms in total. The molecule has 0 radical (unpaired) electrons. The van der Waals surface area contributed by atoms with E-state index in [1.165, 1.54) is 12.8 Å². The molecule has 1 aliphatic heterocycles. The number of hydrogen-bond acceptors (Lipinski definition) is 3. The second-order valence-corrected chi connectivity index (χ2v) is 4.54. The van der Waals surface area contributed by atoms with Crippen molar-refractivity contribution in [3.8, 4) is 0 Å². The first-order valence-electron chi connectivity index (χ1n) is 6.11. The number of nitrogens with zero attached hydrogens (tertiary/aromatic N) is 2. The van der Waals surface area contributed by atoms with Gasteiger partial charge < -0.3 is 10.0 Å². The number of aromatic nitrogens is 1.